The molecule has 1 fully saturated rings. The average Bonchev–Trinajstić information content (AvgIpc) is 2.92. The van der Waals surface area contributed by atoms with Crippen molar-refractivity contribution in [1.29, 1.82) is 0 Å². The van der Waals surface area contributed by atoms with E-state index in [1.54, 1.807) is 24.3 Å². The second-order valence-corrected chi connectivity index (χ2v) is 8.24. The van der Waals surface area contributed by atoms with Crippen LogP contribution in [0.25, 0.3) is 6.08 Å². The number of nitrogens with one attached hydrogen (secondary N) is 1. The zero-order chi connectivity index (χ0) is 21.8. The number of ether oxygens (including phenoxy) is 1. The SMILES string of the molecule is CC1(C)OB(C(=Cc2ccccc2F)CNC(=O)OCc2ccccc2)OC1(C)C. The Morgan fingerprint density at radius 2 is 1.63 bits per heavy atom. The Morgan fingerprint density at radius 1 is 1.03 bits per heavy atom. The third-order valence-electron chi connectivity index (χ3n) is 5.45. The maximum Gasteiger partial charge on any atom is 0.492 e. The molecule has 1 N–H and O–H groups in total. The fraction of sp³-hybridized carbons (Fsp3) is 0.348. The Morgan fingerprint density at radius 3 is 2.27 bits per heavy atom. The molecule has 2 aromatic rings. The molecule has 0 unspecified atom stereocenters. The zero-order valence-electron chi connectivity index (χ0n) is 17.8. The lowest BCUT2D eigenvalue weighted by atomic mass is 9.77. The van der Waals surface area contributed by atoms with Gasteiger partial charge in [-0.05, 0) is 44.8 Å². The molecular formula is C23H27BFNO4. The summed E-state index contributed by atoms with van der Waals surface area (Å²) in [7, 11) is -0.718. The number of alkyl carbamates (subject to hydrolysis) is 1. The van der Waals surface area contributed by atoms with Gasteiger partial charge in [-0.1, -0.05) is 54.6 Å². The molecule has 0 atom stereocenters. The highest BCUT2D eigenvalue weighted by Crippen LogP contribution is 2.38. The van der Waals surface area contributed by atoms with E-state index in [-0.39, 0.29) is 19.0 Å². The summed E-state index contributed by atoms with van der Waals surface area (Å²) >= 11 is 0. The summed E-state index contributed by atoms with van der Waals surface area (Å²) in [4.78, 5) is 12.2. The van der Waals surface area contributed by atoms with Crippen molar-refractivity contribution in [1.82, 2.24) is 5.32 Å². The number of carbonyl (C=O) groups is 1. The largest absolute Gasteiger partial charge is 0.492 e. The van der Waals surface area contributed by atoms with E-state index in [1.807, 2.05) is 58.0 Å². The van der Waals surface area contributed by atoms with Gasteiger partial charge in [-0.3, -0.25) is 0 Å². The normalized spacial score (nSPS) is 17.6. The van der Waals surface area contributed by atoms with Crippen LogP contribution in [0.15, 0.2) is 60.1 Å². The number of hydrogen-bond acceptors (Lipinski definition) is 4. The highest BCUT2D eigenvalue weighted by atomic mass is 19.1. The van der Waals surface area contributed by atoms with E-state index in [0.29, 0.717) is 11.0 Å². The summed E-state index contributed by atoms with van der Waals surface area (Å²) in [5, 5.41) is 2.71. The van der Waals surface area contributed by atoms with E-state index in [0.717, 1.165) is 5.56 Å². The molecule has 0 bridgehead atoms. The number of halogens is 1. The van der Waals surface area contributed by atoms with Crippen molar-refractivity contribution in [3.8, 4) is 0 Å². The first kappa shape index (κ1) is 22.1. The molecule has 1 aliphatic heterocycles. The summed E-state index contributed by atoms with van der Waals surface area (Å²) in [6.45, 7) is 8.02. The summed E-state index contributed by atoms with van der Waals surface area (Å²) in [5.41, 5.74) is 0.761. The maximum absolute atomic E-state index is 14.2. The molecule has 0 spiro atoms. The van der Waals surface area contributed by atoms with Crippen LogP contribution >= 0.6 is 0 Å². The summed E-state index contributed by atoms with van der Waals surface area (Å²) in [6.07, 6.45) is 1.07. The second-order valence-electron chi connectivity index (χ2n) is 8.24. The van der Waals surface area contributed by atoms with Crippen LogP contribution in [0, 0.1) is 5.82 Å². The fourth-order valence-electron chi connectivity index (χ4n) is 2.94. The standard InChI is InChI=1S/C23H27BFNO4/c1-22(2)23(3,4)30-24(29-22)19(14-18-12-8-9-13-20(18)25)15-26-21(27)28-16-17-10-6-5-7-11-17/h5-14H,15-16H2,1-4H3,(H,26,27). The number of benzene rings is 2. The molecule has 0 aromatic heterocycles. The molecule has 7 heteroatoms. The lowest BCUT2D eigenvalue weighted by Crippen LogP contribution is -2.41. The molecule has 158 valence electrons. The number of amides is 1. The lowest BCUT2D eigenvalue weighted by molar-refractivity contribution is 0.00578. The van der Waals surface area contributed by atoms with Crippen molar-refractivity contribution in [3.63, 3.8) is 0 Å². The summed E-state index contributed by atoms with van der Waals surface area (Å²) in [6, 6.07) is 15.8. The Hall–Kier alpha value is -2.64. The van der Waals surface area contributed by atoms with Crippen molar-refractivity contribution >= 4 is 19.3 Å². The Balaban J connectivity index is 1.72. The van der Waals surface area contributed by atoms with Crippen LogP contribution in [0.3, 0.4) is 0 Å². The van der Waals surface area contributed by atoms with Crippen LogP contribution in [0.1, 0.15) is 38.8 Å². The molecule has 0 aliphatic carbocycles. The first-order chi connectivity index (χ1) is 14.2. The summed E-state index contributed by atoms with van der Waals surface area (Å²) in [5.74, 6) is -0.363. The topological polar surface area (TPSA) is 56.8 Å². The van der Waals surface area contributed by atoms with Gasteiger partial charge in [-0.25, -0.2) is 9.18 Å². The predicted octanol–water partition coefficient (Wildman–Crippen LogP) is 4.77. The molecule has 1 aliphatic rings. The van der Waals surface area contributed by atoms with E-state index in [1.165, 1.54) is 6.07 Å². The van der Waals surface area contributed by atoms with Crippen LogP contribution in [0.4, 0.5) is 9.18 Å². The fourth-order valence-corrected chi connectivity index (χ4v) is 2.94. The van der Waals surface area contributed by atoms with Crippen LogP contribution in [0.2, 0.25) is 0 Å². The smallest absolute Gasteiger partial charge is 0.445 e. The Labute approximate surface area is 177 Å². The minimum Gasteiger partial charge on any atom is -0.445 e. The van der Waals surface area contributed by atoms with Gasteiger partial charge in [-0.15, -0.1) is 0 Å². The third-order valence-corrected chi connectivity index (χ3v) is 5.45. The van der Waals surface area contributed by atoms with Crippen molar-refractivity contribution in [3.05, 3.63) is 77.0 Å². The van der Waals surface area contributed by atoms with Crippen molar-refractivity contribution in [2.24, 2.45) is 0 Å². The van der Waals surface area contributed by atoms with E-state index >= 15 is 0 Å². The monoisotopic (exact) mass is 411 g/mol. The summed E-state index contributed by atoms with van der Waals surface area (Å²) < 4.78 is 31.7. The van der Waals surface area contributed by atoms with Crippen LogP contribution in [-0.2, 0) is 20.7 Å². The number of carbonyl (C=O) groups excluding carboxylic acids is 1. The molecule has 1 heterocycles. The minimum atomic E-state index is -0.718. The molecule has 1 saturated heterocycles. The van der Waals surface area contributed by atoms with Crippen molar-refractivity contribution < 1.29 is 23.2 Å². The Kier molecular flexibility index (Phi) is 6.63. The molecule has 0 radical (unpaired) electrons. The molecule has 1 amide bonds. The van der Waals surface area contributed by atoms with Crippen LogP contribution in [0.5, 0.6) is 0 Å². The molecule has 0 saturated carbocycles. The third kappa shape index (κ3) is 5.29. The highest BCUT2D eigenvalue weighted by molar-refractivity contribution is 6.56. The predicted molar refractivity (Wildman–Crippen MR) is 115 cm³/mol. The molecule has 5 nitrogen and oxygen atoms in total. The minimum absolute atomic E-state index is 0.0960. The van der Waals surface area contributed by atoms with E-state index in [9.17, 15) is 9.18 Å². The molecule has 30 heavy (non-hydrogen) atoms. The van der Waals surface area contributed by atoms with Gasteiger partial charge in [0, 0.05) is 12.1 Å². The van der Waals surface area contributed by atoms with Gasteiger partial charge >= 0.3 is 13.2 Å². The molecule has 2 aromatic carbocycles. The quantitative estimate of drug-likeness (QED) is 0.696. The van der Waals surface area contributed by atoms with Gasteiger partial charge in [0.1, 0.15) is 12.4 Å². The molecule has 3 rings (SSSR count). The van der Waals surface area contributed by atoms with E-state index in [4.69, 9.17) is 14.0 Å². The van der Waals surface area contributed by atoms with Gasteiger partial charge in [0.25, 0.3) is 0 Å². The van der Waals surface area contributed by atoms with E-state index < -0.39 is 24.4 Å². The van der Waals surface area contributed by atoms with Gasteiger partial charge in [0.15, 0.2) is 0 Å². The Bertz CT molecular complexity index is 898. The molecular weight excluding hydrogens is 384 g/mol. The van der Waals surface area contributed by atoms with Crippen molar-refractivity contribution in [2.75, 3.05) is 6.54 Å². The van der Waals surface area contributed by atoms with Crippen LogP contribution in [-0.4, -0.2) is 31.0 Å². The van der Waals surface area contributed by atoms with Crippen molar-refractivity contribution in [2.45, 2.75) is 45.5 Å². The van der Waals surface area contributed by atoms with Gasteiger partial charge in [-0.2, -0.15) is 0 Å². The van der Waals surface area contributed by atoms with Gasteiger partial charge < -0.3 is 19.4 Å². The average molecular weight is 411 g/mol. The number of rotatable bonds is 6. The van der Waals surface area contributed by atoms with Gasteiger partial charge in [0.2, 0.25) is 0 Å². The lowest BCUT2D eigenvalue weighted by Gasteiger charge is -2.32. The first-order valence-corrected chi connectivity index (χ1v) is 9.93. The number of hydrogen-bond donors (Lipinski definition) is 1. The zero-order valence-corrected chi connectivity index (χ0v) is 17.8. The maximum atomic E-state index is 14.2. The highest BCUT2D eigenvalue weighted by Gasteiger charge is 2.52. The first-order valence-electron chi connectivity index (χ1n) is 9.93. The second kappa shape index (κ2) is 9.02. The van der Waals surface area contributed by atoms with Gasteiger partial charge in [0.05, 0.1) is 11.2 Å². The van der Waals surface area contributed by atoms with Crippen LogP contribution < -0.4 is 5.32 Å². The van der Waals surface area contributed by atoms with E-state index in [2.05, 4.69) is 5.32 Å².